The highest BCUT2D eigenvalue weighted by Crippen LogP contribution is 2.28. The fourth-order valence-electron chi connectivity index (χ4n) is 4.16. The second-order valence-electron chi connectivity index (χ2n) is 8.15. The van der Waals surface area contributed by atoms with Crippen LogP contribution in [0.4, 0.5) is 10.3 Å². The summed E-state index contributed by atoms with van der Waals surface area (Å²) in [5.41, 5.74) is 3.75. The molecular formula is C24H24FN5. The topological polar surface area (TPSA) is 55.1 Å². The quantitative estimate of drug-likeness (QED) is 0.484. The van der Waals surface area contributed by atoms with Crippen LogP contribution in [0, 0.1) is 11.7 Å². The summed E-state index contributed by atoms with van der Waals surface area (Å²) in [6.07, 6.45) is 9.46. The number of anilines is 1. The third-order valence-corrected chi connectivity index (χ3v) is 5.95. The van der Waals surface area contributed by atoms with Crippen LogP contribution >= 0.6 is 0 Å². The van der Waals surface area contributed by atoms with Gasteiger partial charge in [-0.05, 0) is 54.9 Å². The van der Waals surface area contributed by atoms with E-state index in [1.165, 1.54) is 19.0 Å². The molecule has 0 aliphatic heterocycles. The molecule has 0 atom stereocenters. The summed E-state index contributed by atoms with van der Waals surface area (Å²) in [5, 5.41) is 3.40. The lowest BCUT2D eigenvalue weighted by Crippen LogP contribution is -2.26. The second kappa shape index (κ2) is 7.86. The normalized spacial score (nSPS) is 19.1. The Kier molecular flexibility index (Phi) is 4.91. The van der Waals surface area contributed by atoms with E-state index in [2.05, 4.69) is 39.3 Å². The molecule has 1 aliphatic rings. The number of imidazole rings is 1. The number of fused-ring (bicyclic) bond motifs is 1. The largest absolute Gasteiger partial charge is 0.351 e. The molecule has 0 saturated heterocycles. The molecule has 4 aromatic rings. The predicted octanol–water partition coefficient (Wildman–Crippen LogP) is 5.59. The van der Waals surface area contributed by atoms with Crippen LogP contribution in [-0.4, -0.2) is 25.4 Å². The van der Waals surface area contributed by atoms with E-state index in [0.29, 0.717) is 17.7 Å². The van der Waals surface area contributed by atoms with Crippen molar-refractivity contribution < 1.29 is 4.39 Å². The van der Waals surface area contributed by atoms with Gasteiger partial charge in [0, 0.05) is 12.2 Å². The molecule has 0 radical (unpaired) electrons. The van der Waals surface area contributed by atoms with E-state index in [1.54, 1.807) is 6.20 Å². The number of aromatic nitrogens is 4. The summed E-state index contributed by atoms with van der Waals surface area (Å²) in [4.78, 5) is 13.1. The van der Waals surface area contributed by atoms with Crippen molar-refractivity contribution in [2.24, 2.45) is 5.92 Å². The average molecular weight is 401 g/mol. The zero-order valence-electron chi connectivity index (χ0n) is 16.9. The van der Waals surface area contributed by atoms with Gasteiger partial charge in [0.25, 0.3) is 0 Å². The minimum atomic E-state index is -0.454. The van der Waals surface area contributed by atoms with Gasteiger partial charge in [-0.3, -0.25) is 4.40 Å². The number of hydrogen-bond acceptors (Lipinski definition) is 4. The monoisotopic (exact) mass is 401 g/mol. The minimum Gasteiger partial charge on any atom is -0.351 e. The molecule has 1 aliphatic carbocycles. The van der Waals surface area contributed by atoms with E-state index in [4.69, 9.17) is 0 Å². The molecule has 1 fully saturated rings. The van der Waals surface area contributed by atoms with Crippen LogP contribution in [0.2, 0.25) is 0 Å². The lowest BCUT2D eigenvalue weighted by Gasteiger charge is -2.26. The zero-order valence-corrected chi connectivity index (χ0v) is 16.9. The highest BCUT2D eigenvalue weighted by Gasteiger charge is 2.20. The van der Waals surface area contributed by atoms with E-state index in [1.807, 2.05) is 40.9 Å². The summed E-state index contributed by atoms with van der Waals surface area (Å²) in [6.45, 7) is 2.29. The summed E-state index contributed by atoms with van der Waals surface area (Å²) < 4.78 is 16.6. The van der Waals surface area contributed by atoms with E-state index >= 15 is 0 Å². The fourth-order valence-corrected chi connectivity index (χ4v) is 4.16. The van der Waals surface area contributed by atoms with Gasteiger partial charge in [0.1, 0.15) is 11.3 Å². The molecule has 3 heterocycles. The van der Waals surface area contributed by atoms with Gasteiger partial charge in [-0.15, -0.1) is 0 Å². The summed E-state index contributed by atoms with van der Waals surface area (Å²) in [5.74, 6) is 0.787. The molecule has 152 valence electrons. The van der Waals surface area contributed by atoms with Crippen LogP contribution in [-0.2, 0) is 0 Å². The van der Waals surface area contributed by atoms with Crippen LogP contribution in [0.15, 0.2) is 61.1 Å². The van der Waals surface area contributed by atoms with Gasteiger partial charge in [-0.25, -0.2) is 19.3 Å². The maximum Gasteiger partial charge on any atom is 0.223 e. The zero-order chi connectivity index (χ0) is 20.5. The number of benzene rings is 1. The van der Waals surface area contributed by atoms with Crippen LogP contribution in [0.25, 0.3) is 28.2 Å². The predicted molar refractivity (Wildman–Crippen MR) is 117 cm³/mol. The second-order valence-corrected chi connectivity index (χ2v) is 8.15. The van der Waals surface area contributed by atoms with Crippen LogP contribution in [0.5, 0.6) is 0 Å². The number of nitrogens with zero attached hydrogens (tertiary/aromatic N) is 4. The van der Waals surface area contributed by atoms with Crippen LogP contribution < -0.4 is 5.32 Å². The Hall–Kier alpha value is -3.28. The molecule has 6 heteroatoms. The third kappa shape index (κ3) is 3.65. The van der Waals surface area contributed by atoms with Crippen molar-refractivity contribution in [2.75, 3.05) is 5.32 Å². The lowest BCUT2D eigenvalue weighted by atomic mass is 9.87. The van der Waals surface area contributed by atoms with Crippen LogP contribution in [0.1, 0.15) is 32.6 Å². The molecule has 0 spiro atoms. The van der Waals surface area contributed by atoms with Gasteiger partial charge >= 0.3 is 0 Å². The summed E-state index contributed by atoms with van der Waals surface area (Å²) in [7, 11) is 0. The highest BCUT2D eigenvalue weighted by molar-refractivity contribution is 5.68. The molecule has 0 unspecified atom stereocenters. The highest BCUT2D eigenvalue weighted by atomic mass is 19.1. The smallest absolute Gasteiger partial charge is 0.223 e. The van der Waals surface area contributed by atoms with Crippen molar-refractivity contribution >= 4 is 11.6 Å². The van der Waals surface area contributed by atoms with Crippen molar-refractivity contribution in [3.63, 3.8) is 0 Å². The molecule has 5 rings (SSSR count). The first-order valence-corrected chi connectivity index (χ1v) is 10.5. The average Bonchev–Trinajstić information content (AvgIpc) is 3.20. The van der Waals surface area contributed by atoms with Crippen molar-refractivity contribution in [2.45, 2.75) is 38.6 Å². The molecule has 3 aromatic heterocycles. The third-order valence-electron chi connectivity index (χ3n) is 5.95. The van der Waals surface area contributed by atoms with Crippen molar-refractivity contribution in [1.29, 1.82) is 0 Å². The standard InChI is InChI=1S/C24H24FN5/c1-16-7-10-19(11-8-16)28-24-27-13-20(25)23(29-24)21-14-26-22-12-9-18(15-30(21)22)17-5-3-2-4-6-17/h2-6,9,12-16,19H,7-8,10-11H2,1H3,(H,27,28,29). The number of hydrogen-bond donors (Lipinski definition) is 1. The maximum absolute atomic E-state index is 14.7. The van der Waals surface area contributed by atoms with Gasteiger partial charge in [-0.2, -0.15) is 0 Å². The number of halogens is 1. The number of nitrogens with one attached hydrogen (secondary N) is 1. The van der Waals surface area contributed by atoms with Crippen molar-refractivity contribution in [1.82, 2.24) is 19.4 Å². The SMILES string of the molecule is CC1CCC(Nc2ncc(F)c(-c3cnc4ccc(-c5ccccc5)cn34)n2)CC1. The van der Waals surface area contributed by atoms with Crippen LogP contribution in [0.3, 0.4) is 0 Å². The molecular weight excluding hydrogens is 377 g/mol. The Morgan fingerprint density at radius 1 is 0.933 bits per heavy atom. The van der Waals surface area contributed by atoms with Gasteiger partial charge in [0.2, 0.25) is 5.95 Å². The minimum absolute atomic E-state index is 0.259. The van der Waals surface area contributed by atoms with Gasteiger partial charge < -0.3 is 5.32 Å². The molecule has 1 aromatic carbocycles. The Bertz CT molecular complexity index is 1160. The number of rotatable bonds is 4. The first-order chi connectivity index (χ1) is 14.7. The van der Waals surface area contributed by atoms with E-state index in [0.717, 1.165) is 35.5 Å². The molecule has 0 amide bonds. The molecule has 0 bridgehead atoms. The first-order valence-electron chi connectivity index (χ1n) is 10.5. The van der Waals surface area contributed by atoms with E-state index < -0.39 is 5.82 Å². The van der Waals surface area contributed by atoms with E-state index in [-0.39, 0.29) is 5.69 Å². The molecule has 30 heavy (non-hydrogen) atoms. The first kappa shape index (κ1) is 18.7. The van der Waals surface area contributed by atoms with Gasteiger partial charge in [-0.1, -0.05) is 37.3 Å². The maximum atomic E-state index is 14.7. The number of pyridine rings is 1. The lowest BCUT2D eigenvalue weighted by molar-refractivity contribution is 0.360. The summed E-state index contributed by atoms with van der Waals surface area (Å²) >= 11 is 0. The molecule has 1 saturated carbocycles. The van der Waals surface area contributed by atoms with Gasteiger partial charge in [0.05, 0.1) is 18.1 Å². The Labute approximate surface area is 175 Å². The Morgan fingerprint density at radius 3 is 2.53 bits per heavy atom. The van der Waals surface area contributed by atoms with Crippen molar-refractivity contribution in [3.8, 4) is 22.5 Å². The molecule has 1 N–H and O–H groups in total. The van der Waals surface area contributed by atoms with E-state index in [9.17, 15) is 4.39 Å². The Morgan fingerprint density at radius 2 is 1.73 bits per heavy atom. The van der Waals surface area contributed by atoms with Crippen molar-refractivity contribution in [3.05, 3.63) is 66.9 Å². The summed E-state index contributed by atoms with van der Waals surface area (Å²) in [6, 6.07) is 14.4. The fraction of sp³-hybridized carbons (Fsp3) is 0.292. The molecule has 5 nitrogen and oxygen atoms in total. The Balaban J connectivity index is 1.50. The van der Waals surface area contributed by atoms with Gasteiger partial charge in [0.15, 0.2) is 5.82 Å².